The van der Waals surface area contributed by atoms with E-state index in [0.29, 0.717) is 11.6 Å². The lowest BCUT2D eigenvalue weighted by molar-refractivity contribution is 0.1000. The van der Waals surface area contributed by atoms with E-state index in [9.17, 15) is 4.79 Å². The Morgan fingerprint density at radius 2 is 2.05 bits per heavy atom. The maximum atomic E-state index is 11.3. The van der Waals surface area contributed by atoms with Crippen LogP contribution in [0.5, 0.6) is 0 Å². The summed E-state index contributed by atoms with van der Waals surface area (Å²) in [6, 6.07) is 6.08. The van der Waals surface area contributed by atoms with Crippen molar-refractivity contribution in [2.75, 3.05) is 11.1 Å². The second-order valence-corrected chi connectivity index (χ2v) is 7.71. The Morgan fingerprint density at radius 1 is 1.42 bits per heavy atom. The second kappa shape index (κ2) is 6.33. The smallest absolute Gasteiger partial charge is 0.249 e. The standard InChI is InChI=1S/C15H24N2OS/c1-10-6-7-12(8-13(10)14(16)18)17-11(2)9-19-15(3,4)5/h6-8,11,17H,9H2,1-5H3,(H2,16,18). The van der Waals surface area contributed by atoms with Crippen molar-refractivity contribution in [1.82, 2.24) is 0 Å². The Bertz CT molecular complexity index is 452. The van der Waals surface area contributed by atoms with Gasteiger partial charge in [0.2, 0.25) is 5.91 Å². The van der Waals surface area contributed by atoms with E-state index in [1.807, 2.05) is 36.9 Å². The number of carbonyl (C=O) groups is 1. The van der Waals surface area contributed by atoms with Crippen molar-refractivity contribution < 1.29 is 4.79 Å². The normalized spacial score (nSPS) is 13.1. The van der Waals surface area contributed by atoms with Crippen LogP contribution in [0, 0.1) is 6.92 Å². The van der Waals surface area contributed by atoms with Gasteiger partial charge in [-0.2, -0.15) is 11.8 Å². The molecule has 0 spiro atoms. The summed E-state index contributed by atoms with van der Waals surface area (Å²) in [5.74, 6) is 0.640. The number of aryl methyl sites for hydroxylation is 1. The van der Waals surface area contributed by atoms with E-state index in [0.717, 1.165) is 17.0 Å². The molecule has 0 radical (unpaired) electrons. The highest BCUT2D eigenvalue weighted by Crippen LogP contribution is 2.25. The molecule has 19 heavy (non-hydrogen) atoms. The quantitative estimate of drug-likeness (QED) is 0.869. The van der Waals surface area contributed by atoms with Gasteiger partial charge in [-0.15, -0.1) is 0 Å². The Labute approximate surface area is 120 Å². The van der Waals surface area contributed by atoms with Crippen LogP contribution in [0.4, 0.5) is 5.69 Å². The molecule has 1 rings (SSSR count). The van der Waals surface area contributed by atoms with Crippen molar-refractivity contribution in [2.45, 2.75) is 45.4 Å². The Hall–Kier alpha value is -1.16. The van der Waals surface area contributed by atoms with Gasteiger partial charge in [0.1, 0.15) is 0 Å². The van der Waals surface area contributed by atoms with Crippen LogP contribution in [0.2, 0.25) is 0 Å². The lowest BCUT2D eigenvalue weighted by Crippen LogP contribution is -2.22. The van der Waals surface area contributed by atoms with Crippen molar-refractivity contribution in [1.29, 1.82) is 0 Å². The van der Waals surface area contributed by atoms with Crippen molar-refractivity contribution in [2.24, 2.45) is 5.73 Å². The molecule has 0 heterocycles. The number of benzene rings is 1. The third-order valence-corrected chi connectivity index (χ3v) is 4.22. The van der Waals surface area contributed by atoms with Crippen LogP contribution in [0.3, 0.4) is 0 Å². The molecule has 1 atom stereocenters. The number of primary amides is 1. The molecule has 0 aromatic heterocycles. The minimum Gasteiger partial charge on any atom is -0.382 e. The van der Waals surface area contributed by atoms with Gasteiger partial charge in [0, 0.05) is 27.8 Å². The van der Waals surface area contributed by atoms with Crippen molar-refractivity contribution in [3.8, 4) is 0 Å². The van der Waals surface area contributed by atoms with Gasteiger partial charge in [-0.05, 0) is 31.5 Å². The van der Waals surface area contributed by atoms with Gasteiger partial charge in [0.05, 0.1) is 0 Å². The number of hydrogen-bond acceptors (Lipinski definition) is 3. The van der Waals surface area contributed by atoms with E-state index in [4.69, 9.17) is 5.73 Å². The molecule has 0 bridgehead atoms. The zero-order valence-corrected chi connectivity index (χ0v) is 13.2. The Kier molecular flexibility index (Phi) is 5.29. The maximum absolute atomic E-state index is 11.3. The average molecular weight is 280 g/mol. The average Bonchev–Trinajstić information content (AvgIpc) is 2.28. The Balaban J connectivity index is 2.67. The summed E-state index contributed by atoms with van der Waals surface area (Å²) in [5.41, 5.74) is 7.80. The van der Waals surface area contributed by atoms with Gasteiger partial charge in [-0.25, -0.2) is 0 Å². The summed E-state index contributed by atoms with van der Waals surface area (Å²) >= 11 is 1.92. The summed E-state index contributed by atoms with van der Waals surface area (Å²) in [4.78, 5) is 11.3. The van der Waals surface area contributed by atoms with E-state index < -0.39 is 0 Å². The number of thioether (sulfide) groups is 1. The minimum absolute atomic E-state index is 0.265. The topological polar surface area (TPSA) is 55.1 Å². The SMILES string of the molecule is Cc1ccc(NC(C)CSC(C)(C)C)cc1C(N)=O. The number of amides is 1. The monoisotopic (exact) mass is 280 g/mol. The molecule has 3 N–H and O–H groups in total. The molecule has 1 aromatic rings. The van der Waals surface area contributed by atoms with Crippen LogP contribution in [-0.4, -0.2) is 22.4 Å². The molecule has 0 saturated heterocycles. The van der Waals surface area contributed by atoms with Gasteiger partial charge in [0.25, 0.3) is 0 Å². The zero-order valence-electron chi connectivity index (χ0n) is 12.4. The first-order valence-corrected chi connectivity index (χ1v) is 7.48. The molecule has 0 aliphatic rings. The maximum Gasteiger partial charge on any atom is 0.249 e. The Morgan fingerprint density at radius 3 is 2.58 bits per heavy atom. The van der Waals surface area contributed by atoms with Crippen LogP contribution in [0.25, 0.3) is 0 Å². The first-order valence-electron chi connectivity index (χ1n) is 6.50. The lowest BCUT2D eigenvalue weighted by atomic mass is 10.1. The molecule has 0 saturated carbocycles. The zero-order chi connectivity index (χ0) is 14.6. The van der Waals surface area contributed by atoms with Crippen LogP contribution >= 0.6 is 11.8 Å². The van der Waals surface area contributed by atoms with Crippen molar-refractivity contribution >= 4 is 23.4 Å². The van der Waals surface area contributed by atoms with Gasteiger partial charge in [0.15, 0.2) is 0 Å². The van der Waals surface area contributed by atoms with E-state index >= 15 is 0 Å². The predicted octanol–water partition coefficient (Wildman–Crippen LogP) is 3.43. The van der Waals surface area contributed by atoms with Crippen LogP contribution < -0.4 is 11.1 Å². The fourth-order valence-corrected chi connectivity index (χ4v) is 2.51. The number of anilines is 1. The highest BCUT2D eigenvalue weighted by Gasteiger charge is 2.13. The fraction of sp³-hybridized carbons (Fsp3) is 0.533. The number of rotatable bonds is 5. The molecule has 1 amide bonds. The lowest BCUT2D eigenvalue weighted by Gasteiger charge is -2.22. The van der Waals surface area contributed by atoms with E-state index in [1.165, 1.54) is 0 Å². The van der Waals surface area contributed by atoms with Crippen molar-refractivity contribution in [3.63, 3.8) is 0 Å². The summed E-state index contributed by atoms with van der Waals surface area (Å²) in [5, 5.41) is 3.41. The molecule has 106 valence electrons. The van der Waals surface area contributed by atoms with Crippen molar-refractivity contribution in [3.05, 3.63) is 29.3 Å². The third kappa shape index (κ3) is 5.55. The first kappa shape index (κ1) is 15.9. The minimum atomic E-state index is -0.377. The van der Waals surface area contributed by atoms with Gasteiger partial charge in [-0.1, -0.05) is 26.8 Å². The molecular formula is C15H24N2OS. The number of nitrogens with two attached hydrogens (primary N) is 1. The fourth-order valence-electron chi connectivity index (χ4n) is 1.68. The van der Waals surface area contributed by atoms with E-state index in [2.05, 4.69) is 33.0 Å². The molecule has 1 unspecified atom stereocenters. The van der Waals surface area contributed by atoms with E-state index in [1.54, 1.807) is 0 Å². The molecule has 3 nitrogen and oxygen atoms in total. The van der Waals surface area contributed by atoms with Gasteiger partial charge < -0.3 is 11.1 Å². The van der Waals surface area contributed by atoms with Gasteiger partial charge in [-0.3, -0.25) is 4.79 Å². The number of hydrogen-bond donors (Lipinski definition) is 2. The molecule has 1 aromatic carbocycles. The molecule has 4 heteroatoms. The third-order valence-electron chi connectivity index (χ3n) is 2.68. The molecule has 0 aliphatic heterocycles. The number of nitrogens with one attached hydrogen (secondary N) is 1. The highest BCUT2D eigenvalue weighted by molar-refractivity contribution is 8.00. The molecule has 0 fully saturated rings. The van der Waals surface area contributed by atoms with Crippen LogP contribution in [0.1, 0.15) is 43.6 Å². The second-order valence-electron chi connectivity index (χ2n) is 5.86. The van der Waals surface area contributed by atoms with Gasteiger partial charge >= 0.3 is 0 Å². The summed E-state index contributed by atoms with van der Waals surface area (Å²) in [6.45, 7) is 10.7. The molecule has 0 aliphatic carbocycles. The predicted molar refractivity (Wildman–Crippen MR) is 85.0 cm³/mol. The summed E-state index contributed by atoms with van der Waals surface area (Å²) in [6.07, 6.45) is 0. The van der Waals surface area contributed by atoms with E-state index in [-0.39, 0.29) is 10.7 Å². The highest BCUT2D eigenvalue weighted by atomic mass is 32.2. The first-order chi connectivity index (χ1) is 8.69. The van der Waals surface area contributed by atoms with Crippen LogP contribution in [-0.2, 0) is 0 Å². The van der Waals surface area contributed by atoms with Crippen LogP contribution in [0.15, 0.2) is 18.2 Å². The largest absolute Gasteiger partial charge is 0.382 e. The summed E-state index contributed by atoms with van der Waals surface area (Å²) < 4.78 is 0.265. The molecular weight excluding hydrogens is 256 g/mol. The number of carbonyl (C=O) groups excluding carboxylic acids is 1. The summed E-state index contributed by atoms with van der Waals surface area (Å²) in [7, 11) is 0.